The fourth-order valence-corrected chi connectivity index (χ4v) is 10.3. The highest BCUT2D eigenvalue weighted by atomic mass is 16.5. The van der Waals surface area contributed by atoms with Gasteiger partial charge >= 0.3 is 0 Å². The van der Waals surface area contributed by atoms with E-state index in [0.29, 0.717) is 17.4 Å². The smallest absolute Gasteiger partial charge is 0.235 e. The number of aryl methyl sites for hydroxylation is 2. The molecule has 0 fully saturated rings. The Kier molecular flexibility index (Phi) is 7.97. The summed E-state index contributed by atoms with van der Waals surface area (Å²) in [5.74, 6) is 5.16. The molecule has 7 aromatic carbocycles. The number of pyridine rings is 2. The number of nitrogens with zero attached hydrogens (tertiary/aromatic N) is 7. The average Bonchev–Trinajstić information content (AvgIpc) is 3.99. The van der Waals surface area contributed by atoms with Gasteiger partial charge in [-0.3, -0.25) is 13.7 Å². The Bertz CT molecular complexity index is 3880. The van der Waals surface area contributed by atoms with Crippen LogP contribution in [0.25, 0.3) is 93.9 Å². The Morgan fingerprint density at radius 2 is 0.848 bits per heavy atom. The maximum absolute atomic E-state index is 6.79. The molecule has 0 unspecified atom stereocenters. The second-order valence-electron chi connectivity index (χ2n) is 17.0. The Morgan fingerprint density at radius 1 is 0.379 bits per heavy atom. The first kappa shape index (κ1) is 36.6. The summed E-state index contributed by atoms with van der Waals surface area (Å²) in [5.41, 5.74) is 9.43. The molecule has 6 aromatic heterocycles. The molecule has 66 heavy (non-hydrogen) atoms. The molecule has 0 radical (unpaired) electrons. The molecule has 14 rings (SSSR count). The molecule has 1 aliphatic rings. The van der Waals surface area contributed by atoms with Crippen LogP contribution in [0.2, 0.25) is 0 Å². The summed E-state index contributed by atoms with van der Waals surface area (Å²) in [7, 11) is 0. The Balaban J connectivity index is 0.917. The van der Waals surface area contributed by atoms with Gasteiger partial charge in [0.1, 0.15) is 34.6 Å². The van der Waals surface area contributed by atoms with E-state index >= 15 is 0 Å². The van der Waals surface area contributed by atoms with Gasteiger partial charge in [-0.2, -0.15) is 0 Å². The van der Waals surface area contributed by atoms with Gasteiger partial charge < -0.3 is 9.47 Å². The minimum atomic E-state index is 0.619. The predicted molar refractivity (Wildman–Crippen MR) is 263 cm³/mol. The van der Waals surface area contributed by atoms with Crippen LogP contribution in [0.4, 0.5) is 0 Å². The summed E-state index contributed by atoms with van der Waals surface area (Å²) in [4.78, 5) is 20.1. The minimum absolute atomic E-state index is 0.619. The van der Waals surface area contributed by atoms with Crippen molar-refractivity contribution in [2.45, 2.75) is 19.3 Å². The van der Waals surface area contributed by atoms with Crippen LogP contribution in [0.3, 0.4) is 0 Å². The van der Waals surface area contributed by atoms with Crippen LogP contribution in [0.5, 0.6) is 23.0 Å². The number of rotatable bonds is 7. The van der Waals surface area contributed by atoms with Crippen LogP contribution in [-0.4, -0.2) is 33.6 Å². The van der Waals surface area contributed by atoms with E-state index in [2.05, 4.69) is 129 Å². The summed E-state index contributed by atoms with van der Waals surface area (Å²) < 4.78 is 20.2. The molecule has 0 saturated heterocycles. The van der Waals surface area contributed by atoms with Crippen LogP contribution in [0.1, 0.15) is 17.7 Å². The number of hydrogen-bond donors (Lipinski definition) is 0. The molecule has 9 heteroatoms. The van der Waals surface area contributed by atoms with E-state index in [1.807, 2.05) is 73.1 Å². The normalized spacial score (nSPS) is 12.7. The number of para-hydroxylation sites is 2. The van der Waals surface area contributed by atoms with E-state index in [4.69, 9.17) is 29.4 Å². The number of ether oxygens (including phenoxy) is 2. The molecular weight excluding hydrogens is 815 g/mol. The third-order valence-electron chi connectivity index (χ3n) is 13.2. The SMILES string of the molecule is c1ccc(-n2c3ccccc3c3ccc(Oc4ccc5c6ccc(Oc7ccc8c9ccccc9n(-c9ccccn9)c8c7)cc6n(-c6nc7c8c(cccc8n6)CCC7)c5c4)cc32)nc1. The van der Waals surface area contributed by atoms with Gasteiger partial charge in [0, 0.05) is 74.4 Å². The maximum atomic E-state index is 6.79. The van der Waals surface area contributed by atoms with Gasteiger partial charge in [0.2, 0.25) is 5.95 Å². The van der Waals surface area contributed by atoms with E-state index in [1.54, 1.807) is 0 Å². The summed E-state index contributed by atoms with van der Waals surface area (Å²) in [6, 6.07) is 60.5. The lowest BCUT2D eigenvalue weighted by Crippen LogP contribution is -2.09. The van der Waals surface area contributed by atoms with Crippen molar-refractivity contribution in [3.8, 4) is 40.6 Å². The van der Waals surface area contributed by atoms with Crippen LogP contribution in [0, 0.1) is 0 Å². The predicted octanol–water partition coefficient (Wildman–Crippen LogP) is 13.8. The van der Waals surface area contributed by atoms with E-state index in [-0.39, 0.29) is 0 Å². The number of aromatic nitrogens is 7. The molecule has 0 amide bonds. The second-order valence-corrected chi connectivity index (χ2v) is 17.0. The average molecular weight is 852 g/mol. The van der Waals surface area contributed by atoms with E-state index in [1.165, 1.54) is 10.9 Å². The molecule has 312 valence electrons. The van der Waals surface area contributed by atoms with Crippen molar-refractivity contribution in [3.63, 3.8) is 0 Å². The third-order valence-corrected chi connectivity index (χ3v) is 13.2. The van der Waals surface area contributed by atoms with Crippen molar-refractivity contribution >= 4 is 76.3 Å². The Morgan fingerprint density at radius 3 is 1.35 bits per heavy atom. The highest BCUT2D eigenvalue weighted by Gasteiger charge is 2.22. The monoisotopic (exact) mass is 851 g/mol. The molecular formula is C57H37N7O2. The van der Waals surface area contributed by atoms with Crippen molar-refractivity contribution in [1.29, 1.82) is 0 Å². The van der Waals surface area contributed by atoms with Crippen molar-refractivity contribution < 1.29 is 9.47 Å². The molecule has 0 N–H and O–H groups in total. The van der Waals surface area contributed by atoms with Crippen molar-refractivity contribution in [3.05, 3.63) is 200 Å². The van der Waals surface area contributed by atoms with Gasteiger partial charge in [-0.25, -0.2) is 19.9 Å². The standard InChI is InChI=1S/C57H37N7O2/c1-3-17-48-40(13-1)42-25-21-36(31-50(42)62(48)54-19-5-7-29-58-54)65-38-23-27-44-45-28-24-39(34-53(45)64(52(44)33-38)57-60-46-15-9-11-35-12-10-16-47(61-57)56(35)46)66-37-22-26-43-41-14-2-4-18-49(41)63(51(43)32-37)55-20-6-8-30-59-55/h1-9,11,13-15,17-34H,10,12,16H2. The van der Waals surface area contributed by atoms with Gasteiger partial charge in [-0.1, -0.05) is 60.7 Å². The lowest BCUT2D eigenvalue weighted by molar-refractivity contribution is 0.484. The third kappa shape index (κ3) is 5.66. The first-order chi connectivity index (χ1) is 32.7. The molecule has 0 atom stereocenters. The fourth-order valence-electron chi connectivity index (χ4n) is 10.3. The number of fused-ring (bicyclic) bond motifs is 9. The Hall–Kier alpha value is -8.82. The highest BCUT2D eigenvalue weighted by Crippen LogP contribution is 2.41. The Labute approximate surface area is 377 Å². The van der Waals surface area contributed by atoms with Crippen molar-refractivity contribution in [2.75, 3.05) is 0 Å². The molecule has 13 aromatic rings. The van der Waals surface area contributed by atoms with Gasteiger partial charge in [-0.05, 0) is 116 Å². The van der Waals surface area contributed by atoms with Crippen LogP contribution in [-0.2, 0) is 12.8 Å². The summed E-state index contributed by atoms with van der Waals surface area (Å²) in [6.07, 6.45) is 6.65. The molecule has 0 spiro atoms. The van der Waals surface area contributed by atoms with Crippen LogP contribution < -0.4 is 9.47 Å². The molecule has 6 heterocycles. The number of benzene rings is 7. The zero-order chi connectivity index (χ0) is 43.3. The van der Waals surface area contributed by atoms with Gasteiger partial charge in [-0.15, -0.1) is 0 Å². The highest BCUT2D eigenvalue weighted by molar-refractivity contribution is 6.12. The quantitative estimate of drug-likeness (QED) is 0.159. The first-order valence-electron chi connectivity index (χ1n) is 22.3. The molecule has 0 aliphatic heterocycles. The van der Waals surface area contributed by atoms with E-state index in [0.717, 1.165) is 119 Å². The van der Waals surface area contributed by atoms with Gasteiger partial charge in [0.15, 0.2) is 0 Å². The summed E-state index contributed by atoms with van der Waals surface area (Å²) >= 11 is 0. The molecule has 1 aliphatic carbocycles. The van der Waals surface area contributed by atoms with Crippen molar-refractivity contribution in [1.82, 2.24) is 33.6 Å². The molecule has 9 nitrogen and oxygen atoms in total. The first-order valence-corrected chi connectivity index (χ1v) is 22.3. The molecule has 0 bridgehead atoms. The van der Waals surface area contributed by atoms with Gasteiger partial charge in [0.25, 0.3) is 0 Å². The van der Waals surface area contributed by atoms with Crippen LogP contribution in [0.15, 0.2) is 188 Å². The largest absolute Gasteiger partial charge is 0.457 e. The lowest BCUT2D eigenvalue weighted by atomic mass is 9.94. The zero-order valence-corrected chi connectivity index (χ0v) is 35.5. The topological polar surface area (TPSA) is 84.8 Å². The minimum Gasteiger partial charge on any atom is -0.457 e. The van der Waals surface area contributed by atoms with Crippen LogP contribution >= 0.6 is 0 Å². The zero-order valence-electron chi connectivity index (χ0n) is 35.5. The lowest BCUT2D eigenvalue weighted by Gasteiger charge is -2.17. The van der Waals surface area contributed by atoms with E-state index in [9.17, 15) is 0 Å². The summed E-state index contributed by atoms with van der Waals surface area (Å²) in [5, 5.41) is 7.88. The number of hydrogen-bond acceptors (Lipinski definition) is 6. The van der Waals surface area contributed by atoms with E-state index < -0.39 is 0 Å². The second kappa shape index (κ2) is 14.4. The molecule has 0 saturated carbocycles. The van der Waals surface area contributed by atoms with Gasteiger partial charge in [0.05, 0.1) is 44.3 Å². The maximum Gasteiger partial charge on any atom is 0.235 e. The fraction of sp³-hybridized carbons (Fsp3) is 0.0526. The summed E-state index contributed by atoms with van der Waals surface area (Å²) in [6.45, 7) is 0. The van der Waals surface area contributed by atoms with Crippen molar-refractivity contribution in [2.24, 2.45) is 0 Å².